The number of rotatable bonds is 0. The zero-order valence-electron chi connectivity index (χ0n) is 1.86. The fraction of sp³-hybridized carbons (Fsp3) is 0. The fourth-order valence-electron chi connectivity index (χ4n) is 0. The molecule has 0 aromatic heterocycles. The van der Waals surface area contributed by atoms with Crippen LogP contribution in [0.1, 0.15) is 0 Å². The summed E-state index contributed by atoms with van der Waals surface area (Å²) in [6, 6.07) is 0. The normalized spacial score (nSPS) is 2.25. The summed E-state index contributed by atoms with van der Waals surface area (Å²) in [5.74, 6) is 0. The van der Waals surface area contributed by atoms with E-state index in [1.54, 1.807) is 0 Å². The van der Waals surface area contributed by atoms with E-state index in [0.717, 1.165) is 0 Å². The van der Waals surface area contributed by atoms with Gasteiger partial charge in [-0.2, -0.15) is 0 Å². The summed E-state index contributed by atoms with van der Waals surface area (Å²) in [6.45, 7) is 0. The van der Waals surface area contributed by atoms with Crippen molar-refractivity contribution in [3.05, 3.63) is 0 Å². The van der Waals surface area contributed by atoms with Gasteiger partial charge in [-0.25, -0.2) is 0 Å². The SMILES string of the molecule is O=[SiH2].[O]=[Co]. The Morgan fingerprint density at radius 3 is 1.25 bits per heavy atom. The molecule has 2 nitrogen and oxygen atoms in total. The van der Waals surface area contributed by atoms with Gasteiger partial charge in [0.1, 0.15) is 0 Å². The van der Waals surface area contributed by atoms with E-state index in [0.29, 0.717) is 10.1 Å². The quantitative estimate of drug-likeness (QED) is 0.379. The van der Waals surface area contributed by atoms with Crippen LogP contribution in [-0.2, 0) is 24.0 Å². The molecule has 0 aromatic rings. The molecule has 0 radical (unpaired) electrons. The molecule has 0 aliphatic heterocycles. The molecular formula is H2CoO2Si. The molecule has 0 heterocycles. The summed E-state index contributed by atoms with van der Waals surface area (Å²) in [7, 11) is 0.611. The maximum atomic E-state index is 8.28. The minimum atomic E-state index is 0.611. The third kappa shape index (κ3) is 38.9. The van der Waals surface area contributed by atoms with Gasteiger partial charge in [0.2, 0.25) is 10.1 Å². The second-order valence-corrected chi connectivity index (χ2v) is 0. The van der Waals surface area contributed by atoms with E-state index in [2.05, 4.69) is 15.7 Å². The Hall–Kier alpha value is 0.323. The Labute approximate surface area is 34.9 Å². The van der Waals surface area contributed by atoms with Crippen molar-refractivity contribution in [2.24, 2.45) is 0 Å². The van der Waals surface area contributed by atoms with E-state index < -0.39 is 0 Å². The molecule has 0 bridgehead atoms. The average molecular weight is 121 g/mol. The van der Waals surface area contributed by atoms with Gasteiger partial charge >= 0.3 is 19.5 Å². The monoisotopic (exact) mass is 121 g/mol. The van der Waals surface area contributed by atoms with Gasteiger partial charge in [-0.3, -0.25) is 0 Å². The molecule has 0 aromatic carbocycles. The topological polar surface area (TPSA) is 34.1 Å². The summed E-state index contributed by atoms with van der Waals surface area (Å²) in [6.07, 6.45) is 0. The van der Waals surface area contributed by atoms with E-state index in [4.69, 9.17) is 8.33 Å². The minimum absolute atomic E-state index is 0.611. The van der Waals surface area contributed by atoms with Crippen LogP contribution in [0.25, 0.3) is 0 Å². The molecule has 27 valence electrons. The van der Waals surface area contributed by atoms with Crippen LogP contribution in [0, 0.1) is 0 Å². The van der Waals surface area contributed by atoms with Crippen molar-refractivity contribution in [3.8, 4) is 0 Å². The summed E-state index contributed by atoms with van der Waals surface area (Å²) in [5.41, 5.74) is 0. The van der Waals surface area contributed by atoms with Gasteiger partial charge in [-0.05, 0) is 0 Å². The Morgan fingerprint density at radius 1 is 1.25 bits per heavy atom. The Bertz CT molecular complexity index is 8.00. The third-order valence-corrected chi connectivity index (χ3v) is 0. The summed E-state index contributed by atoms with van der Waals surface area (Å²) < 4.78 is 16.2. The predicted octanol–water partition coefficient (Wildman–Crippen LogP) is -1.16. The Kier molecular flexibility index (Phi) is 379. The van der Waals surface area contributed by atoms with Gasteiger partial charge < -0.3 is 4.46 Å². The molecule has 0 saturated carbocycles. The van der Waals surface area contributed by atoms with Crippen molar-refractivity contribution in [2.75, 3.05) is 0 Å². The second kappa shape index (κ2) is 172. The van der Waals surface area contributed by atoms with Gasteiger partial charge in [-0.15, -0.1) is 0 Å². The molecule has 0 spiro atoms. The van der Waals surface area contributed by atoms with Gasteiger partial charge in [0, 0.05) is 0 Å². The van der Waals surface area contributed by atoms with Crippen molar-refractivity contribution in [1.82, 2.24) is 0 Å². The van der Waals surface area contributed by atoms with Crippen LogP contribution in [0.4, 0.5) is 0 Å². The zero-order valence-corrected chi connectivity index (χ0v) is 4.31. The van der Waals surface area contributed by atoms with Crippen LogP contribution in [0.5, 0.6) is 0 Å². The second-order valence-electron chi connectivity index (χ2n) is 0. The Balaban J connectivity index is 0. The molecule has 0 unspecified atom stereocenters. The van der Waals surface area contributed by atoms with Crippen LogP contribution in [0.2, 0.25) is 0 Å². The van der Waals surface area contributed by atoms with Crippen LogP contribution < -0.4 is 0 Å². The first kappa shape index (κ1) is 8.85. The van der Waals surface area contributed by atoms with E-state index in [-0.39, 0.29) is 0 Å². The van der Waals surface area contributed by atoms with Crippen LogP contribution in [0.3, 0.4) is 0 Å². The number of hydrogen-bond donors (Lipinski definition) is 0. The van der Waals surface area contributed by atoms with Crippen molar-refractivity contribution < 1.29 is 24.0 Å². The van der Waals surface area contributed by atoms with E-state index in [9.17, 15) is 0 Å². The molecule has 0 saturated heterocycles. The van der Waals surface area contributed by atoms with Gasteiger partial charge in [0.15, 0.2) is 0 Å². The van der Waals surface area contributed by atoms with Gasteiger partial charge in [-0.1, -0.05) is 0 Å². The molecule has 4 heteroatoms. The molecule has 4 heavy (non-hydrogen) atoms. The van der Waals surface area contributed by atoms with Crippen molar-refractivity contribution in [3.63, 3.8) is 0 Å². The first-order chi connectivity index (χ1) is 2.00. The van der Waals surface area contributed by atoms with E-state index >= 15 is 0 Å². The van der Waals surface area contributed by atoms with Gasteiger partial charge in [0.05, 0.1) is 0 Å². The van der Waals surface area contributed by atoms with Crippen LogP contribution in [-0.4, -0.2) is 10.1 Å². The average Bonchev–Trinajstić information content (AvgIpc) is 1.50. The molecule has 0 aliphatic carbocycles. The molecular weight excluding hydrogens is 119 g/mol. The van der Waals surface area contributed by atoms with Crippen molar-refractivity contribution in [2.45, 2.75) is 0 Å². The van der Waals surface area contributed by atoms with Crippen molar-refractivity contribution >= 4 is 10.1 Å². The predicted molar refractivity (Wildman–Crippen MR) is 9.92 cm³/mol. The molecule has 0 atom stereocenters. The molecule has 0 N–H and O–H groups in total. The molecule has 0 rings (SSSR count). The number of hydrogen-bond acceptors (Lipinski definition) is 2. The molecule has 0 amide bonds. The van der Waals surface area contributed by atoms with Crippen LogP contribution >= 0.6 is 0 Å². The Morgan fingerprint density at radius 2 is 1.25 bits per heavy atom. The molecule has 0 aliphatic rings. The third-order valence-electron chi connectivity index (χ3n) is 0. The van der Waals surface area contributed by atoms with Gasteiger partial charge in [0.25, 0.3) is 0 Å². The first-order valence-corrected chi connectivity index (χ1v) is 1.43. The van der Waals surface area contributed by atoms with E-state index in [1.165, 1.54) is 0 Å². The standard InChI is InChI=1S/Co.H2OSi.O/c;1-2;/h;2H2;. The van der Waals surface area contributed by atoms with Crippen molar-refractivity contribution in [1.29, 1.82) is 0 Å². The molecule has 0 fully saturated rings. The zero-order chi connectivity index (χ0) is 4.00. The summed E-state index contributed by atoms with van der Waals surface area (Å²) in [5, 5.41) is 0. The summed E-state index contributed by atoms with van der Waals surface area (Å²) in [4.78, 5) is 0. The summed E-state index contributed by atoms with van der Waals surface area (Å²) >= 11 is 2.31. The fourth-order valence-corrected chi connectivity index (χ4v) is 0. The first-order valence-electron chi connectivity index (χ1n) is 0.425. The van der Waals surface area contributed by atoms with Crippen LogP contribution in [0.15, 0.2) is 0 Å². The maximum absolute atomic E-state index is 8.28. The van der Waals surface area contributed by atoms with E-state index in [1.807, 2.05) is 0 Å².